The number of benzene rings is 1. The number of hydrogen-bond donors (Lipinski definition) is 2. The molecule has 0 aliphatic heterocycles. The second kappa shape index (κ2) is 8.15. The van der Waals surface area contributed by atoms with Crippen LogP contribution in [0.1, 0.15) is 40.2 Å². The molecule has 6 heteroatoms. The molecule has 6 nitrogen and oxygen atoms in total. The average molecular weight is 336 g/mol. The number of ether oxygens (including phenoxy) is 2. The molecule has 0 fully saturated rings. The van der Waals surface area contributed by atoms with Crippen LogP contribution in [-0.4, -0.2) is 36.4 Å². The van der Waals surface area contributed by atoms with Gasteiger partial charge >= 0.3 is 12.1 Å². The fraction of sp³-hybridized carbons (Fsp3) is 0.556. The number of esters is 1. The van der Waals surface area contributed by atoms with Crippen LogP contribution in [0.2, 0.25) is 0 Å². The highest BCUT2D eigenvalue weighted by Crippen LogP contribution is 2.15. The predicted molar refractivity (Wildman–Crippen MR) is 92.5 cm³/mol. The van der Waals surface area contributed by atoms with Gasteiger partial charge in [-0.1, -0.05) is 30.3 Å². The van der Waals surface area contributed by atoms with Gasteiger partial charge in [0.2, 0.25) is 0 Å². The summed E-state index contributed by atoms with van der Waals surface area (Å²) in [6, 6.07) is 8.96. The van der Waals surface area contributed by atoms with Crippen molar-refractivity contribution in [1.29, 1.82) is 0 Å². The molecule has 0 spiro atoms. The number of rotatable bonds is 6. The molecule has 0 saturated carbocycles. The lowest BCUT2D eigenvalue weighted by Gasteiger charge is -2.34. The Morgan fingerprint density at radius 1 is 1.08 bits per heavy atom. The lowest BCUT2D eigenvalue weighted by atomic mass is 9.94. The summed E-state index contributed by atoms with van der Waals surface area (Å²) in [5, 5.41) is 5.89. The first kappa shape index (κ1) is 20.0. The first-order valence-corrected chi connectivity index (χ1v) is 7.91. The van der Waals surface area contributed by atoms with Crippen LogP contribution >= 0.6 is 0 Å². The Hall–Kier alpha value is -2.08. The fourth-order valence-electron chi connectivity index (χ4n) is 2.21. The van der Waals surface area contributed by atoms with Gasteiger partial charge in [-0.25, -0.2) is 4.79 Å². The highest BCUT2D eigenvalue weighted by molar-refractivity contribution is 5.79. The topological polar surface area (TPSA) is 76.7 Å². The van der Waals surface area contributed by atoms with Crippen molar-refractivity contribution in [1.82, 2.24) is 10.6 Å². The summed E-state index contributed by atoms with van der Waals surface area (Å²) in [7, 11) is 1.32. The van der Waals surface area contributed by atoms with E-state index in [-0.39, 0.29) is 0 Å². The van der Waals surface area contributed by atoms with Crippen molar-refractivity contribution in [2.24, 2.45) is 0 Å². The Morgan fingerprint density at radius 2 is 1.67 bits per heavy atom. The van der Waals surface area contributed by atoms with Crippen molar-refractivity contribution < 1.29 is 19.1 Å². The quantitative estimate of drug-likeness (QED) is 0.781. The predicted octanol–water partition coefficient (Wildman–Crippen LogP) is 2.62. The maximum Gasteiger partial charge on any atom is 0.408 e. The largest absolute Gasteiger partial charge is 0.468 e. The average Bonchev–Trinajstić information content (AvgIpc) is 2.45. The van der Waals surface area contributed by atoms with Crippen molar-refractivity contribution >= 4 is 12.1 Å². The van der Waals surface area contributed by atoms with Crippen LogP contribution in [0.15, 0.2) is 30.3 Å². The first-order chi connectivity index (χ1) is 11.0. The molecule has 0 unspecified atom stereocenters. The minimum absolute atomic E-state index is 0.452. The molecule has 1 aromatic rings. The number of amides is 1. The van der Waals surface area contributed by atoms with Crippen LogP contribution in [0.5, 0.6) is 0 Å². The van der Waals surface area contributed by atoms with Crippen LogP contribution in [-0.2, 0) is 20.8 Å². The summed E-state index contributed by atoms with van der Waals surface area (Å²) in [4.78, 5) is 24.2. The molecule has 1 rings (SSSR count). The Labute approximate surface area is 143 Å². The number of methoxy groups -OCH3 is 1. The van der Waals surface area contributed by atoms with Gasteiger partial charge in [0.05, 0.1) is 12.6 Å². The van der Waals surface area contributed by atoms with Gasteiger partial charge in [-0.15, -0.1) is 0 Å². The molecule has 1 atom stereocenters. The van der Waals surface area contributed by atoms with E-state index in [0.29, 0.717) is 6.54 Å². The molecule has 0 aromatic heterocycles. The smallest absolute Gasteiger partial charge is 0.408 e. The number of alkyl carbamates (subject to hydrolysis) is 1. The van der Waals surface area contributed by atoms with E-state index in [4.69, 9.17) is 9.47 Å². The molecule has 0 bridgehead atoms. The first-order valence-electron chi connectivity index (χ1n) is 7.91. The zero-order valence-corrected chi connectivity index (χ0v) is 15.3. The Kier molecular flexibility index (Phi) is 6.78. The number of nitrogens with one attached hydrogen (secondary N) is 2. The highest BCUT2D eigenvalue weighted by Gasteiger charge is 2.38. The van der Waals surface area contributed by atoms with E-state index in [2.05, 4.69) is 10.6 Å². The molecule has 0 radical (unpaired) electrons. The van der Waals surface area contributed by atoms with E-state index in [1.165, 1.54) is 7.11 Å². The number of hydrogen-bond acceptors (Lipinski definition) is 5. The Morgan fingerprint density at radius 3 is 2.17 bits per heavy atom. The van der Waals surface area contributed by atoms with Gasteiger partial charge in [0.1, 0.15) is 11.6 Å². The monoisotopic (exact) mass is 336 g/mol. The molecular formula is C18H28N2O4. The fourth-order valence-corrected chi connectivity index (χ4v) is 2.21. The van der Waals surface area contributed by atoms with Crippen molar-refractivity contribution in [2.75, 3.05) is 7.11 Å². The van der Waals surface area contributed by atoms with E-state index in [9.17, 15) is 9.59 Å². The molecule has 0 aliphatic carbocycles. The molecule has 2 N–H and O–H groups in total. The second-order valence-corrected chi connectivity index (χ2v) is 7.17. The van der Waals surface area contributed by atoms with Crippen molar-refractivity contribution in [2.45, 2.75) is 58.3 Å². The zero-order valence-electron chi connectivity index (χ0n) is 15.3. The maximum atomic E-state index is 12.2. The standard InChI is InChI=1S/C18H28N2O4/c1-17(2,3)24-16(22)20-18(4,5)14(15(21)23-6)19-12-13-10-8-7-9-11-13/h7-11,14,19H,12H2,1-6H3,(H,20,22)/t14-/m0/s1. The maximum absolute atomic E-state index is 12.2. The number of carbonyl (C=O) groups is 2. The molecule has 0 aliphatic rings. The summed E-state index contributed by atoms with van der Waals surface area (Å²) in [6.07, 6.45) is -0.581. The van der Waals surface area contributed by atoms with E-state index in [1.807, 2.05) is 30.3 Å². The van der Waals surface area contributed by atoms with E-state index >= 15 is 0 Å². The van der Waals surface area contributed by atoms with Crippen LogP contribution in [0.3, 0.4) is 0 Å². The van der Waals surface area contributed by atoms with Gasteiger partial charge < -0.3 is 14.8 Å². The minimum Gasteiger partial charge on any atom is -0.468 e. The lowest BCUT2D eigenvalue weighted by molar-refractivity contribution is -0.145. The van der Waals surface area contributed by atoms with Gasteiger partial charge in [0, 0.05) is 6.54 Å². The molecule has 1 amide bonds. The third-order valence-electron chi connectivity index (χ3n) is 3.33. The molecule has 0 heterocycles. The second-order valence-electron chi connectivity index (χ2n) is 7.17. The summed E-state index contributed by atoms with van der Waals surface area (Å²) >= 11 is 0. The summed E-state index contributed by atoms with van der Waals surface area (Å²) in [5.74, 6) is -0.452. The van der Waals surface area contributed by atoms with Gasteiger partial charge in [-0.2, -0.15) is 0 Å². The van der Waals surface area contributed by atoms with Crippen LogP contribution < -0.4 is 10.6 Å². The van der Waals surface area contributed by atoms with Gasteiger partial charge in [-0.3, -0.25) is 10.1 Å². The van der Waals surface area contributed by atoms with Crippen molar-refractivity contribution in [3.8, 4) is 0 Å². The SMILES string of the molecule is COC(=O)[C@H](NCc1ccccc1)C(C)(C)NC(=O)OC(C)(C)C. The molecule has 134 valence electrons. The molecule has 1 aromatic carbocycles. The summed E-state index contributed by atoms with van der Waals surface area (Å²) < 4.78 is 10.1. The van der Waals surface area contributed by atoms with Gasteiger partial charge in [-0.05, 0) is 40.2 Å². The minimum atomic E-state index is -0.899. The van der Waals surface area contributed by atoms with Gasteiger partial charge in [0.15, 0.2) is 0 Å². The highest BCUT2D eigenvalue weighted by atomic mass is 16.6. The molecule has 0 saturated heterocycles. The third kappa shape index (κ3) is 6.58. The summed E-state index contributed by atoms with van der Waals surface area (Å²) in [6.45, 7) is 9.31. The van der Waals surface area contributed by atoms with Gasteiger partial charge in [0.25, 0.3) is 0 Å². The van der Waals surface area contributed by atoms with Crippen molar-refractivity contribution in [3.05, 3.63) is 35.9 Å². The normalized spacial score (nSPS) is 13.1. The summed E-state index contributed by atoms with van der Waals surface area (Å²) in [5.41, 5.74) is -0.484. The molecule has 24 heavy (non-hydrogen) atoms. The third-order valence-corrected chi connectivity index (χ3v) is 3.33. The lowest BCUT2D eigenvalue weighted by Crippen LogP contribution is -2.61. The van der Waals surface area contributed by atoms with Crippen LogP contribution in [0.25, 0.3) is 0 Å². The van der Waals surface area contributed by atoms with E-state index < -0.39 is 29.2 Å². The number of carbonyl (C=O) groups excluding carboxylic acids is 2. The Balaban J connectivity index is 2.81. The zero-order chi connectivity index (χ0) is 18.4. The Bertz CT molecular complexity index is 550. The van der Waals surface area contributed by atoms with Crippen LogP contribution in [0, 0.1) is 0 Å². The molecular weight excluding hydrogens is 308 g/mol. The van der Waals surface area contributed by atoms with Crippen LogP contribution in [0.4, 0.5) is 4.79 Å². The van der Waals surface area contributed by atoms with Crippen molar-refractivity contribution in [3.63, 3.8) is 0 Å². The van der Waals surface area contributed by atoms with E-state index in [1.54, 1.807) is 34.6 Å². The van der Waals surface area contributed by atoms with E-state index in [0.717, 1.165) is 5.56 Å².